The highest BCUT2D eigenvalue weighted by Gasteiger charge is 2.22. The number of nitrogens with zero attached hydrogens (tertiary/aromatic N) is 1. The molecule has 1 heterocycles. The molecular formula is C9H17NO4. The molecule has 14 heavy (non-hydrogen) atoms. The fourth-order valence-corrected chi connectivity index (χ4v) is 1.53. The number of likely N-dealkylation sites (tertiary alicyclic amines) is 1. The van der Waals surface area contributed by atoms with E-state index in [-0.39, 0.29) is 12.7 Å². The molecule has 0 bridgehead atoms. The van der Waals surface area contributed by atoms with Gasteiger partial charge in [-0.1, -0.05) is 0 Å². The number of carboxylic acid groups (broad SMARTS) is 1. The van der Waals surface area contributed by atoms with Crippen molar-refractivity contribution in [2.45, 2.75) is 25.4 Å². The summed E-state index contributed by atoms with van der Waals surface area (Å²) in [6, 6.07) is 0. The molecule has 1 aliphatic rings. The molecule has 82 valence electrons. The van der Waals surface area contributed by atoms with Crippen LogP contribution in [0.5, 0.6) is 0 Å². The third kappa shape index (κ3) is 3.51. The lowest BCUT2D eigenvalue weighted by atomic mass is 10.1. The molecular weight excluding hydrogens is 186 g/mol. The average Bonchev–Trinajstić information content (AvgIpc) is 2.19. The van der Waals surface area contributed by atoms with Crippen LogP contribution in [0.25, 0.3) is 0 Å². The summed E-state index contributed by atoms with van der Waals surface area (Å²) in [4.78, 5) is 12.0. The Kier molecular flexibility index (Phi) is 4.69. The normalized spacial score (nSPS) is 18.5. The lowest BCUT2D eigenvalue weighted by Gasteiger charge is -2.29. The van der Waals surface area contributed by atoms with E-state index in [2.05, 4.69) is 0 Å². The highest BCUT2D eigenvalue weighted by Crippen LogP contribution is 2.13. The SMILES string of the molecule is O=C(O)N1CCC(OCCCO)CC1. The summed E-state index contributed by atoms with van der Waals surface area (Å²) in [7, 11) is 0. The zero-order chi connectivity index (χ0) is 10.4. The average molecular weight is 203 g/mol. The maximum atomic E-state index is 10.6. The molecule has 2 N–H and O–H groups in total. The summed E-state index contributed by atoms with van der Waals surface area (Å²) < 4.78 is 5.47. The first kappa shape index (κ1) is 11.3. The van der Waals surface area contributed by atoms with Crippen LogP contribution in [0, 0.1) is 0 Å². The predicted molar refractivity (Wildman–Crippen MR) is 50.3 cm³/mol. The topological polar surface area (TPSA) is 70.0 Å². The number of piperidine rings is 1. The molecule has 1 rings (SSSR count). The Morgan fingerprint density at radius 2 is 2.07 bits per heavy atom. The summed E-state index contributed by atoms with van der Waals surface area (Å²) in [5.41, 5.74) is 0. The Morgan fingerprint density at radius 1 is 1.43 bits per heavy atom. The molecule has 1 amide bonds. The van der Waals surface area contributed by atoms with E-state index in [9.17, 15) is 4.79 Å². The van der Waals surface area contributed by atoms with E-state index in [0.29, 0.717) is 26.1 Å². The van der Waals surface area contributed by atoms with E-state index >= 15 is 0 Å². The number of hydrogen-bond donors (Lipinski definition) is 2. The van der Waals surface area contributed by atoms with E-state index in [1.165, 1.54) is 4.90 Å². The quantitative estimate of drug-likeness (QED) is 0.654. The molecule has 1 saturated heterocycles. The smallest absolute Gasteiger partial charge is 0.407 e. The van der Waals surface area contributed by atoms with Gasteiger partial charge in [-0.05, 0) is 19.3 Å². The van der Waals surface area contributed by atoms with Crippen LogP contribution in [0.2, 0.25) is 0 Å². The highest BCUT2D eigenvalue weighted by molar-refractivity contribution is 5.64. The molecule has 0 aromatic carbocycles. The van der Waals surface area contributed by atoms with Gasteiger partial charge in [0, 0.05) is 26.3 Å². The summed E-state index contributed by atoms with van der Waals surface area (Å²) in [6.07, 6.45) is 1.49. The molecule has 0 saturated carbocycles. The molecule has 1 fully saturated rings. The first-order valence-electron chi connectivity index (χ1n) is 4.94. The Balaban J connectivity index is 2.12. The fourth-order valence-electron chi connectivity index (χ4n) is 1.53. The van der Waals surface area contributed by atoms with Crippen LogP contribution >= 0.6 is 0 Å². The number of carbonyl (C=O) groups is 1. The molecule has 0 spiro atoms. The van der Waals surface area contributed by atoms with E-state index in [0.717, 1.165) is 12.8 Å². The summed E-state index contributed by atoms with van der Waals surface area (Å²) >= 11 is 0. The number of amides is 1. The third-order valence-electron chi connectivity index (χ3n) is 2.37. The minimum Gasteiger partial charge on any atom is -0.465 e. The maximum Gasteiger partial charge on any atom is 0.407 e. The summed E-state index contributed by atoms with van der Waals surface area (Å²) in [6.45, 7) is 1.82. The van der Waals surface area contributed by atoms with Gasteiger partial charge in [0.25, 0.3) is 0 Å². The van der Waals surface area contributed by atoms with Gasteiger partial charge < -0.3 is 19.8 Å². The van der Waals surface area contributed by atoms with Gasteiger partial charge in [0.1, 0.15) is 0 Å². The summed E-state index contributed by atoms with van der Waals surface area (Å²) in [5, 5.41) is 17.2. The zero-order valence-electron chi connectivity index (χ0n) is 8.19. The summed E-state index contributed by atoms with van der Waals surface area (Å²) in [5.74, 6) is 0. The minimum atomic E-state index is -0.848. The van der Waals surface area contributed by atoms with Crippen molar-refractivity contribution in [2.75, 3.05) is 26.3 Å². The van der Waals surface area contributed by atoms with Crippen LogP contribution in [0.15, 0.2) is 0 Å². The van der Waals surface area contributed by atoms with Crippen molar-refractivity contribution in [1.82, 2.24) is 4.90 Å². The van der Waals surface area contributed by atoms with Crippen molar-refractivity contribution < 1.29 is 19.7 Å². The first-order chi connectivity index (χ1) is 6.74. The highest BCUT2D eigenvalue weighted by atomic mass is 16.5. The van der Waals surface area contributed by atoms with E-state index in [4.69, 9.17) is 14.9 Å². The number of rotatable bonds is 4. The van der Waals surface area contributed by atoms with Crippen molar-refractivity contribution in [3.05, 3.63) is 0 Å². The molecule has 0 aliphatic carbocycles. The van der Waals surface area contributed by atoms with Crippen molar-refractivity contribution >= 4 is 6.09 Å². The van der Waals surface area contributed by atoms with Crippen LogP contribution in [-0.4, -0.2) is 53.6 Å². The maximum absolute atomic E-state index is 10.6. The van der Waals surface area contributed by atoms with Crippen LogP contribution in [-0.2, 0) is 4.74 Å². The van der Waals surface area contributed by atoms with Crippen LogP contribution in [0.4, 0.5) is 4.79 Å². The second-order valence-electron chi connectivity index (χ2n) is 3.42. The Morgan fingerprint density at radius 3 is 2.57 bits per heavy atom. The van der Waals surface area contributed by atoms with Crippen molar-refractivity contribution in [1.29, 1.82) is 0 Å². The first-order valence-corrected chi connectivity index (χ1v) is 4.94. The van der Waals surface area contributed by atoms with Crippen LogP contribution in [0.1, 0.15) is 19.3 Å². The Hall–Kier alpha value is -0.810. The van der Waals surface area contributed by atoms with E-state index < -0.39 is 6.09 Å². The van der Waals surface area contributed by atoms with Gasteiger partial charge in [0.05, 0.1) is 6.10 Å². The van der Waals surface area contributed by atoms with Gasteiger partial charge in [-0.25, -0.2) is 4.79 Å². The molecule has 0 radical (unpaired) electrons. The number of ether oxygens (including phenoxy) is 1. The molecule has 0 aromatic heterocycles. The second kappa shape index (κ2) is 5.82. The van der Waals surface area contributed by atoms with Crippen molar-refractivity contribution in [3.63, 3.8) is 0 Å². The minimum absolute atomic E-state index is 0.147. The van der Waals surface area contributed by atoms with E-state index in [1.54, 1.807) is 0 Å². The lowest BCUT2D eigenvalue weighted by Crippen LogP contribution is -2.40. The van der Waals surface area contributed by atoms with Crippen LogP contribution < -0.4 is 0 Å². The van der Waals surface area contributed by atoms with Gasteiger partial charge in [0.2, 0.25) is 0 Å². The molecule has 0 unspecified atom stereocenters. The fraction of sp³-hybridized carbons (Fsp3) is 0.889. The second-order valence-corrected chi connectivity index (χ2v) is 3.42. The molecule has 0 aromatic rings. The molecule has 5 nitrogen and oxygen atoms in total. The van der Waals surface area contributed by atoms with Gasteiger partial charge in [-0.15, -0.1) is 0 Å². The van der Waals surface area contributed by atoms with Crippen molar-refractivity contribution in [2.24, 2.45) is 0 Å². The molecule has 0 atom stereocenters. The van der Waals surface area contributed by atoms with Gasteiger partial charge in [-0.2, -0.15) is 0 Å². The van der Waals surface area contributed by atoms with Gasteiger partial charge in [-0.3, -0.25) is 0 Å². The Bertz CT molecular complexity index is 178. The third-order valence-corrected chi connectivity index (χ3v) is 2.37. The lowest BCUT2D eigenvalue weighted by molar-refractivity contribution is 0.00498. The van der Waals surface area contributed by atoms with Crippen LogP contribution in [0.3, 0.4) is 0 Å². The Labute approximate surface area is 83.3 Å². The monoisotopic (exact) mass is 203 g/mol. The number of hydrogen-bond acceptors (Lipinski definition) is 3. The van der Waals surface area contributed by atoms with E-state index in [1.807, 2.05) is 0 Å². The zero-order valence-corrected chi connectivity index (χ0v) is 8.19. The molecule has 5 heteroatoms. The number of aliphatic hydroxyl groups is 1. The molecule has 1 aliphatic heterocycles. The standard InChI is InChI=1S/C9H17NO4/c11-6-1-7-14-8-2-4-10(5-3-8)9(12)13/h8,11H,1-7H2,(H,12,13). The predicted octanol–water partition coefficient (Wildman–Crippen LogP) is 0.528. The number of aliphatic hydroxyl groups excluding tert-OH is 1. The largest absolute Gasteiger partial charge is 0.465 e. The van der Waals surface area contributed by atoms with Crippen molar-refractivity contribution in [3.8, 4) is 0 Å². The van der Waals surface area contributed by atoms with Gasteiger partial charge >= 0.3 is 6.09 Å². The van der Waals surface area contributed by atoms with Gasteiger partial charge in [0.15, 0.2) is 0 Å².